The minimum Gasteiger partial charge on any atom is -0.345 e. The van der Waals surface area contributed by atoms with Gasteiger partial charge in [-0.25, -0.2) is 0 Å². The molecular formula is C14H16N2OS. The first-order valence-electron chi connectivity index (χ1n) is 5.47. The van der Waals surface area contributed by atoms with Gasteiger partial charge in [0.2, 0.25) is 6.40 Å². The monoisotopic (exact) mass is 260 g/mol. The Balaban J connectivity index is 2.78. The Labute approximate surface area is 112 Å². The minimum absolute atomic E-state index is 1.02. The van der Waals surface area contributed by atoms with Gasteiger partial charge in [-0.3, -0.25) is 4.99 Å². The Morgan fingerprint density at radius 3 is 2.94 bits per heavy atom. The highest BCUT2D eigenvalue weighted by Crippen LogP contribution is 2.24. The molecule has 1 aromatic heterocycles. The molecule has 4 heteroatoms. The Kier molecular flexibility index (Phi) is 6.43. The van der Waals surface area contributed by atoms with Gasteiger partial charge in [-0.15, -0.1) is 11.3 Å². The minimum atomic E-state index is 1.02. The molecule has 0 aromatic carbocycles. The van der Waals surface area contributed by atoms with Crippen LogP contribution in [0.5, 0.6) is 0 Å². The van der Waals surface area contributed by atoms with Crippen LogP contribution in [-0.2, 0) is 4.84 Å². The van der Waals surface area contributed by atoms with E-state index < -0.39 is 0 Å². The van der Waals surface area contributed by atoms with E-state index >= 15 is 0 Å². The van der Waals surface area contributed by atoms with Gasteiger partial charge >= 0.3 is 0 Å². The van der Waals surface area contributed by atoms with Crippen LogP contribution in [0.15, 0.2) is 53.2 Å². The lowest BCUT2D eigenvalue weighted by molar-refractivity contribution is 0.347. The van der Waals surface area contributed by atoms with E-state index in [1.165, 1.54) is 6.40 Å². The third-order valence-electron chi connectivity index (χ3n) is 1.99. The lowest BCUT2D eigenvalue weighted by Crippen LogP contribution is -1.78. The molecule has 0 fully saturated rings. The predicted octanol–water partition coefficient (Wildman–Crippen LogP) is 3.90. The van der Waals surface area contributed by atoms with Crippen molar-refractivity contribution in [2.75, 3.05) is 7.05 Å². The van der Waals surface area contributed by atoms with Gasteiger partial charge in [0.1, 0.15) is 0 Å². The summed E-state index contributed by atoms with van der Waals surface area (Å²) in [5, 5.41) is 3.77. The molecule has 1 aromatic rings. The molecule has 0 radical (unpaired) electrons. The van der Waals surface area contributed by atoms with Crippen LogP contribution in [0.3, 0.4) is 0 Å². The fraction of sp³-hybridized carbons (Fsp3) is 0.143. The van der Waals surface area contributed by atoms with Crippen molar-refractivity contribution in [1.29, 1.82) is 0 Å². The highest BCUT2D eigenvalue weighted by atomic mass is 32.1. The Bertz CT molecular complexity index is 496. The molecule has 3 nitrogen and oxygen atoms in total. The lowest BCUT2D eigenvalue weighted by atomic mass is 10.2. The number of oxime groups is 1. The van der Waals surface area contributed by atoms with Gasteiger partial charge in [0.05, 0.1) is 6.21 Å². The summed E-state index contributed by atoms with van der Waals surface area (Å²) in [6.07, 6.45) is 10.8. The topological polar surface area (TPSA) is 34.0 Å². The van der Waals surface area contributed by atoms with E-state index in [0.29, 0.717) is 0 Å². The van der Waals surface area contributed by atoms with E-state index in [4.69, 9.17) is 4.84 Å². The highest BCUT2D eigenvalue weighted by molar-refractivity contribution is 7.14. The second kappa shape index (κ2) is 8.20. The summed E-state index contributed by atoms with van der Waals surface area (Å²) in [4.78, 5) is 10.6. The molecule has 0 aliphatic carbocycles. The van der Waals surface area contributed by atoms with Gasteiger partial charge in [0.25, 0.3) is 0 Å². The molecule has 0 saturated carbocycles. The van der Waals surface area contributed by atoms with E-state index in [9.17, 15) is 0 Å². The van der Waals surface area contributed by atoms with E-state index in [1.807, 2.05) is 43.4 Å². The molecule has 18 heavy (non-hydrogen) atoms. The number of allylic oxidation sites excluding steroid dienone is 5. The van der Waals surface area contributed by atoms with Crippen LogP contribution in [0.2, 0.25) is 0 Å². The molecule has 0 aliphatic rings. The van der Waals surface area contributed by atoms with Crippen LogP contribution in [0, 0.1) is 0 Å². The normalized spacial score (nSPS) is 12.9. The summed E-state index contributed by atoms with van der Waals surface area (Å²) in [5.74, 6) is 0. The molecule has 0 unspecified atom stereocenters. The Morgan fingerprint density at radius 1 is 1.44 bits per heavy atom. The van der Waals surface area contributed by atoms with E-state index in [0.717, 1.165) is 15.3 Å². The van der Waals surface area contributed by atoms with Crippen molar-refractivity contribution in [3.8, 4) is 0 Å². The highest BCUT2D eigenvalue weighted by Gasteiger charge is 2.00. The van der Waals surface area contributed by atoms with Crippen molar-refractivity contribution in [2.45, 2.75) is 6.92 Å². The van der Waals surface area contributed by atoms with Crippen LogP contribution in [0.25, 0.3) is 5.57 Å². The van der Waals surface area contributed by atoms with Gasteiger partial charge in [0.15, 0.2) is 0 Å². The average molecular weight is 260 g/mol. The summed E-state index contributed by atoms with van der Waals surface area (Å²) < 4.78 is 0. The zero-order valence-corrected chi connectivity index (χ0v) is 11.4. The number of rotatable bonds is 6. The Hall–Kier alpha value is -1.94. The zero-order chi connectivity index (χ0) is 13.2. The van der Waals surface area contributed by atoms with Crippen LogP contribution >= 0.6 is 11.3 Å². The van der Waals surface area contributed by atoms with Crippen LogP contribution in [0.4, 0.5) is 0 Å². The quantitative estimate of drug-likeness (QED) is 0.330. The van der Waals surface area contributed by atoms with Gasteiger partial charge in [0, 0.05) is 16.8 Å². The second-order valence-corrected chi connectivity index (χ2v) is 4.37. The fourth-order valence-electron chi connectivity index (χ4n) is 1.18. The number of hydrogen-bond donors (Lipinski definition) is 0. The summed E-state index contributed by atoms with van der Waals surface area (Å²) in [7, 11) is 1.63. The van der Waals surface area contributed by atoms with Crippen molar-refractivity contribution in [3.05, 3.63) is 52.8 Å². The number of hydrogen-bond acceptors (Lipinski definition) is 4. The maximum atomic E-state index is 4.79. The van der Waals surface area contributed by atoms with Crippen molar-refractivity contribution in [3.63, 3.8) is 0 Å². The van der Waals surface area contributed by atoms with Crippen LogP contribution in [0.1, 0.15) is 16.7 Å². The molecule has 0 amide bonds. The van der Waals surface area contributed by atoms with Gasteiger partial charge in [-0.2, -0.15) is 0 Å². The molecular weight excluding hydrogens is 244 g/mol. The molecule has 0 atom stereocenters. The largest absolute Gasteiger partial charge is 0.345 e. The van der Waals surface area contributed by atoms with E-state index in [1.54, 1.807) is 24.6 Å². The lowest BCUT2D eigenvalue weighted by Gasteiger charge is -1.94. The number of aliphatic imine (C=N–C) groups is 1. The van der Waals surface area contributed by atoms with Crippen molar-refractivity contribution >= 4 is 29.5 Å². The molecule has 1 heterocycles. The molecule has 0 spiro atoms. The maximum absolute atomic E-state index is 4.79. The first-order chi connectivity index (χ1) is 8.81. The first kappa shape index (κ1) is 14.1. The van der Waals surface area contributed by atoms with Gasteiger partial charge in [-0.1, -0.05) is 36.0 Å². The zero-order valence-electron chi connectivity index (χ0n) is 10.5. The summed E-state index contributed by atoms with van der Waals surface area (Å²) in [6, 6.07) is 4.03. The van der Waals surface area contributed by atoms with Crippen LogP contribution in [-0.4, -0.2) is 19.7 Å². The molecule has 0 N–H and O–H groups in total. The van der Waals surface area contributed by atoms with E-state index in [-0.39, 0.29) is 0 Å². The fourth-order valence-corrected chi connectivity index (χ4v) is 2.08. The Morgan fingerprint density at radius 2 is 2.28 bits per heavy atom. The third kappa shape index (κ3) is 4.51. The summed E-state index contributed by atoms with van der Waals surface area (Å²) in [5.41, 5.74) is 1.09. The van der Waals surface area contributed by atoms with Crippen molar-refractivity contribution in [2.24, 2.45) is 10.1 Å². The molecule has 0 aliphatic heterocycles. The SMILES string of the molecule is C=C/C(=C\C=C/C)c1ccc(/C=N/OC=NC)s1. The molecule has 0 bridgehead atoms. The van der Waals surface area contributed by atoms with Crippen molar-refractivity contribution < 1.29 is 4.84 Å². The molecule has 0 saturated heterocycles. The number of thiophene rings is 1. The van der Waals surface area contributed by atoms with Crippen LogP contribution < -0.4 is 0 Å². The molecule has 1 rings (SSSR count). The standard InChI is InChI=1S/C14H16N2OS/c1-4-6-7-12(5-2)14-9-8-13(18-14)10-16-17-11-15-3/h4-11H,2H2,1,3H3/b6-4-,12-7+,15-11?,16-10+. The maximum Gasteiger partial charge on any atom is 0.207 e. The van der Waals surface area contributed by atoms with Gasteiger partial charge < -0.3 is 4.84 Å². The first-order valence-corrected chi connectivity index (χ1v) is 6.29. The molecule has 94 valence electrons. The van der Waals surface area contributed by atoms with Crippen molar-refractivity contribution in [1.82, 2.24) is 0 Å². The smallest absolute Gasteiger partial charge is 0.207 e. The second-order valence-electron chi connectivity index (χ2n) is 3.26. The van der Waals surface area contributed by atoms with E-state index in [2.05, 4.69) is 16.7 Å². The van der Waals surface area contributed by atoms with Gasteiger partial charge in [-0.05, 0) is 24.6 Å². The average Bonchev–Trinajstić information content (AvgIpc) is 2.84. The summed E-state index contributed by atoms with van der Waals surface area (Å²) >= 11 is 1.63. The summed E-state index contributed by atoms with van der Waals surface area (Å²) in [6.45, 7) is 5.80. The predicted molar refractivity (Wildman–Crippen MR) is 80.4 cm³/mol. The third-order valence-corrected chi connectivity index (χ3v) is 3.06. The number of nitrogens with zero attached hydrogens (tertiary/aromatic N) is 2.